The van der Waals surface area contributed by atoms with Gasteiger partial charge >= 0.3 is 0 Å². The monoisotopic (exact) mass is 262 g/mol. The zero-order valence-corrected chi connectivity index (χ0v) is 12.5. The third kappa shape index (κ3) is 3.22. The molecule has 0 radical (unpaired) electrons. The molecule has 0 atom stereocenters. The quantitative estimate of drug-likeness (QED) is 0.442. The average molecular weight is 262 g/mol. The average Bonchev–Trinajstić information content (AvgIpc) is 1.94. The molecule has 0 aliphatic rings. The molecule has 110 valence electrons. The highest BCUT2D eigenvalue weighted by molar-refractivity contribution is 5.11. The molecule has 0 amide bonds. The Balaban J connectivity index is 5.76. The fraction of sp³-hybridized carbons (Fsp3) is 1.00. The molecule has 0 unspecified atom stereocenters. The van der Waals surface area contributed by atoms with Gasteiger partial charge in [0.05, 0.1) is 28.4 Å². The number of rotatable bonds is 6. The molecular weight excluding hydrogens is 232 g/mol. The van der Waals surface area contributed by atoms with Crippen molar-refractivity contribution in [2.24, 2.45) is 16.9 Å². The fourth-order valence-electron chi connectivity index (χ4n) is 3.55. The van der Waals surface area contributed by atoms with Gasteiger partial charge in [-0.05, 0) is 54.4 Å². The summed E-state index contributed by atoms with van der Waals surface area (Å²) in [4.78, 5) is 0. The van der Waals surface area contributed by atoms with Crippen LogP contribution in [0.4, 0.5) is 0 Å². The van der Waals surface area contributed by atoms with Gasteiger partial charge in [-0.25, -0.2) is 0 Å². The zero-order valence-electron chi connectivity index (χ0n) is 12.5. The van der Waals surface area contributed by atoms with Crippen molar-refractivity contribution in [3.8, 4) is 0 Å². The summed E-state index contributed by atoms with van der Waals surface area (Å²) >= 11 is 0. The van der Waals surface area contributed by atoms with E-state index in [-0.39, 0.29) is 0 Å². The summed E-state index contributed by atoms with van der Waals surface area (Å²) in [5, 5.41) is 31.5. The second-order valence-corrected chi connectivity index (χ2v) is 6.78. The normalized spacial score (nSPS) is 15.3. The van der Waals surface area contributed by atoms with Gasteiger partial charge in [-0.1, -0.05) is 0 Å². The van der Waals surface area contributed by atoms with E-state index in [1.807, 2.05) is 0 Å². The van der Waals surface area contributed by atoms with Crippen molar-refractivity contribution in [1.82, 2.24) is 0 Å². The van der Waals surface area contributed by atoms with E-state index in [9.17, 15) is 15.3 Å². The Morgan fingerprint density at radius 1 is 0.778 bits per heavy atom. The summed E-state index contributed by atoms with van der Waals surface area (Å²) in [5.41, 5.74) is 6.10. The van der Waals surface area contributed by atoms with Crippen LogP contribution < -0.4 is 11.5 Å². The zero-order chi connectivity index (χ0) is 15.0. The van der Waals surface area contributed by atoms with Crippen molar-refractivity contribution in [2.45, 2.75) is 77.4 Å². The largest absolute Gasteiger partial charge is 0.390 e. The fourth-order valence-corrected chi connectivity index (χ4v) is 3.55. The lowest BCUT2D eigenvalue weighted by atomic mass is 9.53. The van der Waals surface area contributed by atoms with Gasteiger partial charge in [-0.15, -0.1) is 0 Å². The Bertz CT molecular complexity index is 233. The van der Waals surface area contributed by atoms with Gasteiger partial charge in [0, 0.05) is 0 Å². The highest BCUT2D eigenvalue weighted by Crippen LogP contribution is 2.52. The third-order valence-electron chi connectivity index (χ3n) is 3.99. The Morgan fingerprint density at radius 3 is 1.22 bits per heavy atom. The van der Waals surface area contributed by atoms with Crippen molar-refractivity contribution in [2.75, 3.05) is 0 Å². The first-order valence-corrected chi connectivity index (χ1v) is 6.35. The van der Waals surface area contributed by atoms with Crippen LogP contribution in [0.25, 0.3) is 0 Å². The van der Waals surface area contributed by atoms with E-state index in [1.54, 1.807) is 41.5 Å². The molecule has 0 heterocycles. The van der Waals surface area contributed by atoms with E-state index >= 15 is 0 Å². The van der Waals surface area contributed by atoms with E-state index < -0.39 is 28.4 Å². The van der Waals surface area contributed by atoms with Crippen LogP contribution in [0.15, 0.2) is 0 Å². The number of aliphatic hydroxyl groups is 3. The van der Waals surface area contributed by atoms with Crippen molar-refractivity contribution < 1.29 is 15.3 Å². The summed E-state index contributed by atoms with van der Waals surface area (Å²) in [6.07, 6.45) is 0.176. The van der Waals surface area contributed by atoms with Gasteiger partial charge in [0.1, 0.15) is 0 Å². The van der Waals surface area contributed by atoms with Gasteiger partial charge in [0.15, 0.2) is 0 Å². The molecule has 0 aliphatic carbocycles. The second kappa shape index (κ2) is 5.06. The van der Waals surface area contributed by atoms with Crippen LogP contribution in [0.5, 0.6) is 0 Å². The minimum atomic E-state index is -1.29. The molecule has 0 fully saturated rings. The van der Waals surface area contributed by atoms with Crippen LogP contribution in [0.3, 0.4) is 0 Å². The summed E-state index contributed by atoms with van der Waals surface area (Å²) < 4.78 is 0. The maximum atomic E-state index is 10.5. The summed E-state index contributed by atoms with van der Waals surface area (Å²) in [6, 6.07) is 0. The van der Waals surface area contributed by atoms with E-state index in [0.717, 1.165) is 0 Å². The van der Waals surface area contributed by atoms with Crippen LogP contribution in [-0.2, 0) is 0 Å². The lowest BCUT2D eigenvalue weighted by molar-refractivity contribution is -0.251. The van der Waals surface area contributed by atoms with Gasteiger partial charge in [-0.2, -0.15) is 0 Å². The van der Waals surface area contributed by atoms with Crippen LogP contribution in [0.2, 0.25) is 0 Å². The molecule has 0 aliphatic heterocycles. The molecule has 7 N–H and O–H groups in total. The molecule has 0 aromatic heterocycles. The van der Waals surface area contributed by atoms with Crippen molar-refractivity contribution in [1.29, 1.82) is 0 Å². The Labute approximate surface area is 110 Å². The van der Waals surface area contributed by atoms with Crippen molar-refractivity contribution >= 4 is 0 Å². The molecule has 0 saturated heterocycles. The predicted octanol–water partition coefficient (Wildman–Crippen LogP) is 0.309. The van der Waals surface area contributed by atoms with Crippen molar-refractivity contribution in [3.05, 3.63) is 0 Å². The van der Waals surface area contributed by atoms with E-state index in [0.29, 0.717) is 12.8 Å². The molecule has 5 heteroatoms. The Kier molecular flexibility index (Phi) is 5.00. The maximum absolute atomic E-state index is 10.5. The van der Waals surface area contributed by atoms with Crippen LogP contribution in [-0.4, -0.2) is 38.3 Å². The predicted molar refractivity (Wildman–Crippen MR) is 72.7 cm³/mol. The van der Waals surface area contributed by atoms with Crippen LogP contribution in [0.1, 0.15) is 54.4 Å². The first kappa shape index (κ1) is 17.8. The highest BCUT2D eigenvalue weighted by atomic mass is 16.3. The lowest BCUT2D eigenvalue weighted by Gasteiger charge is -2.57. The van der Waals surface area contributed by atoms with Crippen LogP contribution >= 0.6 is 0 Å². The maximum Gasteiger partial charge on any atom is 0.0702 e. The minimum absolute atomic E-state index is 0.321. The molecule has 0 bridgehead atoms. The first-order chi connectivity index (χ1) is 7.67. The number of hydrogen-bond donors (Lipinski definition) is 5. The summed E-state index contributed by atoms with van der Waals surface area (Å²) in [7, 11) is 0. The molecule has 0 saturated carbocycles. The van der Waals surface area contributed by atoms with Gasteiger partial charge in [-0.3, -0.25) is 0 Å². The van der Waals surface area contributed by atoms with Gasteiger partial charge < -0.3 is 26.8 Å². The molecule has 0 spiro atoms. The number of hydrogen-bond acceptors (Lipinski definition) is 5. The topological polar surface area (TPSA) is 113 Å². The summed E-state index contributed by atoms with van der Waals surface area (Å²) in [6.45, 7) is 9.53. The lowest BCUT2D eigenvalue weighted by Crippen LogP contribution is -2.67. The SMILES string of the molecule is CC(C)(O)C(CCC(N)N)(C(C)(C)O)C(C)(C)O. The van der Waals surface area contributed by atoms with Gasteiger partial charge in [0.2, 0.25) is 0 Å². The highest BCUT2D eigenvalue weighted by Gasteiger charge is 2.61. The third-order valence-corrected chi connectivity index (χ3v) is 3.99. The molecule has 0 rings (SSSR count). The molecule has 0 aromatic rings. The second-order valence-electron chi connectivity index (χ2n) is 6.78. The van der Waals surface area contributed by atoms with Crippen LogP contribution in [0, 0.1) is 5.41 Å². The standard InChI is InChI=1S/C13H30N2O3/c1-10(2,16)13(11(3,4)17,12(5,6)18)8-7-9(14)15/h9,16-18H,7-8,14-15H2,1-6H3. The van der Waals surface area contributed by atoms with Gasteiger partial charge in [0.25, 0.3) is 0 Å². The minimum Gasteiger partial charge on any atom is -0.390 e. The smallest absolute Gasteiger partial charge is 0.0702 e. The Morgan fingerprint density at radius 2 is 1.06 bits per heavy atom. The first-order valence-electron chi connectivity index (χ1n) is 6.35. The van der Waals surface area contributed by atoms with Crippen molar-refractivity contribution in [3.63, 3.8) is 0 Å². The number of nitrogens with two attached hydrogens (primary N) is 2. The molecule has 5 nitrogen and oxygen atoms in total. The Hall–Kier alpha value is -0.200. The molecular formula is C13H30N2O3. The van der Waals surface area contributed by atoms with E-state index in [4.69, 9.17) is 11.5 Å². The van der Waals surface area contributed by atoms with E-state index in [2.05, 4.69) is 0 Å². The molecule has 0 aromatic carbocycles. The molecule has 18 heavy (non-hydrogen) atoms. The van der Waals surface area contributed by atoms with E-state index in [1.165, 1.54) is 0 Å². The summed E-state index contributed by atoms with van der Waals surface area (Å²) in [5.74, 6) is 0.